The van der Waals surface area contributed by atoms with E-state index in [2.05, 4.69) is 4.98 Å². The normalized spacial score (nSPS) is 16.3. The summed E-state index contributed by atoms with van der Waals surface area (Å²) < 4.78 is 11.7. The minimum atomic E-state index is 0.544. The third-order valence-corrected chi connectivity index (χ3v) is 4.18. The third kappa shape index (κ3) is 6.51. The zero-order chi connectivity index (χ0) is 16.3. The molecule has 2 aromatic rings. The lowest BCUT2D eigenvalue weighted by Gasteiger charge is -2.05. The van der Waals surface area contributed by atoms with Gasteiger partial charge in [-0.05, 0) is 37.8 Å². The Morgan fingerprint density at radius 2 is 1.52 bits per heavy atom. The Hall–Kier alpha value is -1.07. The summed E-state index contributed by atoms with van der Waals surface area (Å²) in [6.45, 7) is 4.00. The fourth-order valence-corrected chi connectivity index (χ4v) is 2.51. The number of benzene rings is 1. The van der Waals surface area contributed by atoms with Crippen LogP contribution in [0.1, 0.15) is 25.7 Å². The molecule has 0 aliphatic carbocycles. The molecule has 2 aliphatic rings. The van der Waals surface area contributed by atoms with Gasteiger partial charge in [0.05, 0.1) is 22.1 Å². The average molecular weight is 357 g/mol. The van der Waals surface area contributed by atoms with Crippen molar-refractivity contribution in [3.63, 3.8) is 0 Å². The number of nitrogens with zero attached hydrogens (tertiary/aromatic N) is 2. The standard InChI is InChI=1S/C9H6Cl2N2.2C4H8O/c10-7-2-1-3-8(9(7)11)13-5-4-12-6-13;2*1-2-4-5-3-1/h1-6H;2*1-4H2. The molecule has 2 saturated heterocycles. The third-order valence-electron chi connectivity index (χ3n) is 3.37. The Balaban J connectivity index is 0.000000156. The summed E-state index contributed by atoms with van der Waals surface area (Å²) >= 11 is 11.9. The van der Waals surface area contributed by atoms with Gasteiger partial charge in [0, 0.05) is 38.8 Å². The van der Waals surface area contributed by atoms with Crippen LogP contribution in [0, 0.1) is 0 Å². The summed E-state index contributed by atoms with van der Waals surface area (Å²) in [7, 11) is 0. The minimum Gasteiger partial charge on any atom is -0.381 e. The van der Waals surface area contributed by atoms with Crippen LogP contribution in [0.15, 0.2) is 36.9 Å². The molecule has 0 atom stereocenters. The molecule has 6 heteroatoms. The molecule has 0 unspecified atom stereocenters. The van der Waals surface area contributed by atoms with Gasteiger partial charge in [0.2, 0.25) is 0 Å². The first-order valence-corrected chi connectivity index (χ1v) is 8.62. The minimum absolute atomic E-state index is 0.544. The molecule has 0 saturated carbocycles. The number of hydrogen-bond donors (Lipinski definition) is 0. The molecular formula is C17H22Cl2N2O2. The lowest BCUT2D eigenvalue weighted by atomic mass is 10.3. The molecule has 4 rings (SSSR count). The zero-order valence-corrected chi connectivity index (χ0v) is 14.6. The fourth-order valence-electron chi connectivity index (χ4n) is 2.11. The Morgan fingerprint density at radius 1 is 0.913 bits per heavy atom. The summed E-state index contributed by atoms with van der Waals surface area (Å²) in [4.78, 5) is 3.93. The zero-order valence-electron chi connectivity index (χ0n) is 13.1. The van der Waals surface area contributed by atoms with Gasteiger partial charge < -0.3 is 14.0 Å². The van der Waals surface area contributed by atoms with Crippen molar-refractivity contribution in [1.82, 2.24) is 9.55 Å². The highest BCUT2D eigenvalue weighted by Gasteiger charge is 2.04. The Labute approximate surface area is 147 Å². The molecule has 0 amide bonds. The van der Waals surface area contributed by atoms with Gasteiger partial charge in [-0.3, -0.25) is 0 Å². The van der Waals surface area contributed by atoms with Crippen molar-refractivity contribution in [3.8, 4) is 5.69 Å². The van der Waals surface area contributed by atoms with Gasteiger partial charge in [-0.15, -0.1) is 0 Å². The molecule has 0 spiro atoms. The maximum Gasteiger partial charge on any atom is 0.0992 e. The second kappa shape index (κ2) is 10.7. The summed E-state index contributed by atoms with van der Waals surface area (Å²) in [6.07, 6.45) is 10.3. The molecule has 3 heterocycles. The number of aromatic nitrogens is 2. The molecule has 126 valence electrons. The van der Waals surface area contributed by atoms with E-state index in [0.717, 1.165) is 32.1 Å². The topological polar surface area (TPSA) is 36.3 Å². The number of ether oxygens (including phenoxy) is 2. The number of halogens is 2. The van der Waals surface area contributed by atoms with Crippen LogP contribution in [0.3, 0.4) is 0 Å². The van der Waals surface area contributed by atoms with Crippen LogP contribution < -0.4 is 0 Å². The summed E-state index contributed by atoms with van der Waals surface area (Å²) in [5, 5.41) is 1.09. The summed E-state index contributed by atoms with van der Waals surface area (Å²) in [6, 6.07) is 5.49. The molecule has 0 radical (unpaired) electrons. The van der Waals surface area contributed by atoms with Crippen LogP contribution in [0.5, 0.6) is 0 Å². The summed E-state index contributed by atoms with van der Waals surface area (Å²) in [5.74, 6) is 0. The average Bonchev–Trinajstić information content (AvgIpc) is 3.35. The van der Waals surface area contributed by atoms with Gasteiger partial charge in [0.15, 0.2) is 0 Å². The van der Waals surface area contributed by atoms with Crippen molar-refractivity contribution in [1.29, 1.82) is 0 Å². The van der Waals surface area contributed by atoms with E-state index >= 15 is 0 Å². The Bertz CT molecular complexity index is 529. The predicted molar refractivity (Wildman–Crippen MR) is 93.7 cm³/mol. The first-order chi connectivity index (χ1) is 11.3. The van der Waals surface area contributed by atoms with Crippen molar-refractivity contribution < 1.29 is 9.47 Å². The van der Waals surface area contributed by atoms with E-state index in [1.165, 1.54) is 25.7 Å². The van der Waals surface area contributed by atoms with Gasteiger partial charge in [-0.1, -0.05) is 29.3 Å². The van der Waals surface area contributed by atoms with Crippen LogP contribution in [-0.2, 0) is 9.47 Å². The van der Waals surface area contributed by atoms with Crippen LogP contribution in [0.25, 0.3) is 5.69 Å². The maximum atomic E-state index is 6.00. The molecule has 1 aromatic heterocycles. The molecule has 4 nitrogen and oxygen atoms in total. The number of hydrogen-bond acceptors (Lipinski definition) is 3. The van der Waals surface area contributed by atoms with Gasteiger partial charge in [-0.2, -0.15) is 0 Å². The molecule has 0 bridgehead atoms. The molecule has 2 fully saturated rings. The quantitative estimate of drug-likeness (QED) is 0.737. The number of imidazole rings is 1. The Kier molecular flexibility index (Phi) is 8.47. The van der Waals surface area contributed by atoms with Crippen molar-refractivity contribution in [2.45, 2.75) is 25.7 Å². The smallest absolute Gasteiger partial charge is 0.0992 e. The molecule has 2 aliphatic heterocycles. The van der Waals surface area contributed by atoms with Crippen LogP contribution >= 0.6 is 23.2 Å². The summed E-state index contributed by atoms with van der Waals surface area (Å²) in [5.41, 5.74) is 0.840. The van der Waals surface area contributed by atoms with E-state index in [1.807, 2.05) is 22.9 Å². The van der Waals surface area contributed by atoms with E-state index in [0.29, 0.717) is 10.0 Å². The molecule has 0 N–H and O–H groups in total. The first-order valence-electron chi connectivity index (χ1n) is 7.87. The lowest BCUT2D eigenvalue weighted by molar-refractivity contribution is 0.198. The van der Waals surface area contributed by atoms with E-state index in [9.17, 15) is 0 Å². The monoisotopic (exact) mass is 356 g/mol. The predicted octanol–water partition coefficient (Wildman–Crippen LogP) is 4.77. The van der Waals surface area contributed by atoms with Gasteiger partial charge in [0.25, 0.3) is 0 Å². The highest BCUT2D eigenvalue weighted by Crippen LogP contribution is 2.27. The van der Waals surface area contributed by atoms with E-state index in [-0.39, 0.29) is 0 Å². The van der Waals surface area contributed by atoms with Crippen molar-refractivity contribution in [2.75, 3.05) is 26.4 Å². The number of rotatable bonds is 1. The fraction of sp³-hybridized carbons (Fsp3) is 0.471. The molecule has 23 heavy (non-hydrogen) atoms. The van der Waals surface area contributed by atoms with Crippen LogP contribution in [-0.4, -0.2) is 36.0 Å². The van der Waals surface area contributed by atoms with Crippen LogP contribution in [0.2, 0.25) is 10.0 Å². The molecular weight excluding hydrogens is 335 g/mol. The highest BCUT2D eigenvalue weighted by molar-refractivity contribution is 6.43. The Morgan fingerprint density at radius 3 is 1.96 bits per heavy atom. The van der Waals surface area contributed by atoms with Crippen molar-refractivity contribution in [3.05, 3.63) is 47.0 Å². The van der Waals surface area contributed by atoms with Crippen molar-refractivity contribution in [2.24, 2.45) is 0 Å². The van der Waals surface area contributed by atoms with E-state index in [4.69, 9.17) is 32.7 Å². The SMILES string of the molecule is C1CCOC1.C1CCOC1.Clc1cccc(-n2ccnc2)c1Cl. The van der Waals surface area contributed by atoms with Gasteiger partial charge >= 0.3 is 0 Å². The van der Waals surface area contributed by atoms with Gasteiger partial charge in [-0.25, -0.2) is 4.98 Å². The lowest BCUT2D eigenvalue weighted by Crippen LogP contribution is -1.90. The van der Waals surface area contributed by atoms with Crippen molar-refractivity contribution >= 4 is 23.2 Å². The largest absolute Gasteiger partial charge is 0.381 e. The second-order valence-corrected chi connectivity index (χ2v) is 5.97. The van der Waals surface area contributed by atoms with Crippen LogP contribution in [0.4, 0.5) is 0 Å². The first kappa shape index (κ1) is 18.3. The van der Waals surface area contributed by atoms with E-state index in [1.54, 1.807) is 18.6 Å². The van der Waals surface area contributed by atoms with E-state index < -0.39 is 0 Å². The molecule has 1 aromatic carbocycles. The highest BCUT2D eigenvalue weighted by atomic mass is 35.5. The second-order valence-electron chi connectivity index (χ2n) is 5.18. The maximum absolute atomic E-state index is 6.00. The van der Waals surface area contributed by atoms with Gasteiger partial charge in [0.1, 0.15) is 0 Å².